The lowest BCUT2D eigenvalue weighted by Gasteiger charge is -2.34. The summed E-state index contributed by atoms with van der Waals surface area (Å²) in [4.78, 5) is 28.9. The number of nitrogens with zero attached hydrogens (tertiary/aromatic N) is 2. The van der Waals surface area contributed by atoms with E-state index < -0.39 is 0 Å². The zero-order valence-corrected chi connectivity index (χ0v) is 14.6. The standard InChI is InChI=1S/C21H20N2O3/c1-15-6-2-4-8-17(15)20(24)22-10-12-23(13-11-22)21(25)19-14-16-7-3-5-9-18(16)26-19/h2-9,14H,10-13H2,1H3. The minimum Gasteiger partial charge on any atom is -0.451 e. The van der Waals surface area contributed by atoms with E-state index in [1.807, 2.05) is 60.4 Å². The Morgan fingerprint density at radius 3 is 2.15 bits per heavy atom. The lowest BCUT2D eigenvalue weighted by molar-refractivity contribution is 0.0519. The van der Waals surface area contributed by atoms with Crippen LogP contribution in [0.4, 0.5) is 0 Å². The number of hydrogen-bond acceptors (Lipinski definition) is 3. The molecule has 1 aliphatic heterocycles. The van der Waals surface area contributed by atoms with Crippen molar-refractivity contribution in [3.63, 3.8) is 0 Å². The van der Waals surface area contributed by atoms with Gasteiger partial charge in [-0.2, -0.15) is 0 Å². The highest BCUT2D eigenvalue weighted by molar-refractivity contribution is 5.97. The fraction of sp³-hybridized carbons (Fsp3) is 0.238. The molecule has 5 nitrogen and oxygen atoms in total. The Kier molecular flexibility index (Phi) is 4.21. The highest BCUT2D eigenvalue weighted by atomic mass is 16.3. The van der Waals surface area contributed by atoms with Gasteiger partial charge < -0.3 is 14.2 Å². The van der Waals surface area contributed by atoms with E-state index >= 15 is 0 Å². The number of benzene rings is 2. The summed E-state index contributed by atoms with van der Waals surface area (Å²) in [7, 11) is 0. The molecular weight excluding hydrogens is 328 g/mol. The first-order chi connectivity index (χ1) is 12.6. The Balaban J connectivity index is 1.44. The zero-order valence-electron chi connectivity index (χ0n) is 14.6. The van der Waals surface area contributed by atoms with Crippen LogP contribution >= 0.6 is 0 Å². The van der Waals surface area contributed by atoms with Crippen molar-refractivity contribution < 1.29 is 14.0 Å². The highest BCUT2D eigenvalue weighted by Gasteiger charge is 2.27. The number of aryl methyl sites for hydroxylation is 1. The van der Waals surface area contributed by atoms with E-state index in [2.05, 4.69) is 0 Å². The molecule has 0 unspecified atom stereocenters. The number of furan rings is 1. The van der Waals surface area contributed by atoms with Gasteiger partial charge in [-0.3, -0.25) is 9.59 Å². The van der Waals surface area contributed by atoms with Gasteiger partial charge in [-0.1, -0.05) is 36.4 Å². The monoisotopic (exact) mass is 348 g/mol. The number of carbonyl (C=O) groups excluding carboxylic acids is 2. The van der Waals surface area contributed by atoms with Gasteiger partial charge in [0.15, 0.2) is 5.76 Å². The number of para-hydroxylation sites is 1. The van der Waals surface area contributed by atoms with Crippen LogP contribution in [0.25, 0.3) is 11.0 Å². The zero-order chi connectivity index (χ0) is 18.1. The van der Waals surface area contributed by atoms with Crippen LogP contribution in [-0.4, -0.2) is 47.8 Å². The number of fused-ring (bicyclic) bond motifs is 1. The van der Waals surface area contributed by atoms with Crippen molar-refractivity contribution in [2.75, 3.05) is 26.2 Å². The third-order valence-electron chi connectivity index (χ3n) is 4.87. The Bertz CT molecular complexity index is 935. The number of amides is 2. The smallest absolute Gasteiger partial charge is 0.289 e. The molecule has 132 valence electrons. The van der Waals surface area contributed by atoms with Crippen LogP contribution in [-0.2, 0) is 0 Å². The summed E-state index contributed by atoms with van der Waals surface area (Å²) in [5.41, 5.74) is 2.41. The largest absolute Gasteiger partial charge is 0.451 e. The van der Waals surface area contributed by atoms with E-state index in [1.54, 1.807) is 11.0 Å². The topological polar surface area (TPSA) is 53.8 Å². The summed E-state index contributed by atoms with van der Waals surface area (Å²) in [5, 5.41) is 0.921. The molecule has 1 saturated heterocycles. The predicted octanol–water partition coefficient (Wildman–Crippen LogP) is 3.34. The van der Waals surface area contributed by atoms with Crippen molar-refractivity contribution in [2.24, 2.45) is 0 Å². The Morgan fingerprint density at radius 1 is 0.846 bits per heavy atom. The van der Waals surface area contributed by atoms with Gasteiger partial charge >= 0.3 is 0 Å². The Labute approximate surface area is 151 Å². The Hall–Kier alpha value is -3.08. The molecule has 0 N–H and O–H groups in total. The lowest BCUT2D eigenvalue weighted by atomic mass is 10.1. The first-order valence-corrected chi connectivity index (χ1v) is 8.76. The Morgan fingerprint density at radius 2 is 1.46 bits per heavy atom. The molecule has 0 bridgehead atoms. The van der Waals surface area contributed by atoms with Crippen LogP contribution in [0, 0.1) is 6.92 Å². The molecule has 1 aliphatic rings. The molecular formula is C21H20N2O3. The summed E-state index contributed by atoms with van der Waals surface area (Å²) in [6, 6.07) is 17.0. The van der Waals surface area contributed by atoms with Crippen molar-refractivity contribution in [1.82, 2.24) is 9.80 Å². The molecule has 2 heterocycles. The molecule has 2 aromatic carbocycles. The summed E-state index contributed by atoms with van der Waals surface area (Å²) < 4.78 is 5.67. The molecule has 2 amide bonds. The third kappa shape index (κ3) is 2.96. The number of rotatable bonds is 2. The van der Waals surface area contributed by atoms with E-state index in [0.29, 0.717) is 37.5 Å². The first kappa shape index (κ1) is 16.4. The summed E-state index contributed by atoms with van der Waals surface area (Å²) >= 11 is 0. The van der Waals surface area contributed by atoms with E-state index in [4.69, 9.17) is 4.42 Å². The molecule has 3 aromatic rings. The lowest BCUT2D eigenvalue weighted by Crippen LogP contribution is -2.50. The van der Waals surface area contributed by atoms with Crippen LogP contribution in [0.2, 0.25) is 0 Å². The third-order valence-corrected chi connectivity index (χ3v) is 4.87. The van der Waals surface area contributed by atoms with Gasteiger partial charge in [0.2, 0.25) is 0 Å². The second kappa shape index (κ2) is 6.67. The fourth-order valence-electron chi connectivity index (χ4n) is 3.34. The van der Waals surface area contributed by atoms with E-state index in [-0.39, 0.29) is 11.8 Å². The first-order valence-electron chi connectivity index (χ1n) is 8.76. The van der Waals surface area contributed by atoms with Crippen molar-refractivity contribution in [3.8, 4) is 0 Å². The fourth-order valence-corrected chi connectivity index (χ4v) is 3.34. The molecule has 0 spiro atoms. The normalized spacial score (nSPS) is 14.7. The predicted molar refractivity (Wildman–Crippen MR) is 99.2 cm³/mol. The van der Waals surface area contributed by atoms with Crippen LogP contribution in [0.5, 0.6) is 0 Å². The van der Waals surface area contributed by atoms with Crippen LogP contribution in [0.1, 0.15) is 26.5 Å². The van der Waals surface area contributed by atoms with Crippen LogP contribution in [0.15, 0.2) is 59.0 Å². The van der Waals surface area contributed by atoms with E-state index in [1.165, 1.54) is 0 Å². The number of piperazine rings is 1. The second-order valence-electron chi connectivity index (χ2n) is 6.55. The quantitative estimate of drug-likeness (QED) is 0.714. The minimum absolute atomic E-state index is 0.0268. The average Bonchev–Trinajstić information content (AvgIpc) is 3.11. The van der Waals surface area contributed by atoms with Gasteiger partial charge in [-0.15, -0.1) is 0 Å². The molecule has 1 aromatic heterocycles. The van der Waals surface area contributed by atoms with Gasteiger partial charge in [-0.05, 0) is 30.7 Å². The maximum atomic E-state index is 12.7. The maximum Gasteiger partial charge on any atom is 0.289 e. The average molecular weight is 348 g/mol. The molecule has 1 fully saturated rings. The summed E-state index contributed by atoms with van der Waals surface area (Å²) in [6.07, 6.45) is 0. The van der Waals surface area contributed by atoms with Gasteiger partial charge in [0.05, 0.1) is 0 Å². The van der Waals surface area contributed by atoms with Crippen molar-refractivity contribution >= 4 is 22.8 Å². The van der Waals surface area contributed by atoms with Crippen LogP contribution < -0.4 is 0 Å². The van der Waals surface area contributed by atoms with Gasteiger partial charge in [0.1, 0.15) is 5.58 Å². The van der Waals surface area contributed by atoms with Crippen LogP contribution in [0.3, 0.4) is 0 Å². The van der Waals surface area contributed by atoms with E-state index in [9.17, 15) is 9.59 Å². The van der Waals surface area contributed by atoms with Crippen molar-refractivity contribution in [1.29, 1.82) is 0 Å². The van der Waals surface area contributed by atoms with Crippen molar-refractivity contribution in [3.05, 3.63) is 71.5 Å². The molecule has 0 atom stereocenters. The number of hydrogen-bond donors (Lipinski definition) is 0. The SMILES string of the molecule is Cc1ccccc1C(=O)N1CCN(C(=O)c2cc3ccccc3o2)CC1. The summed E-state index contributed by atoms with van der Waals surface area (Å²) in [5.74, 6) is 0.257. The molecule has 5 heteroatoms. The molecule has 4 rings (SSSR count). The maximum absolute atomic E-state index is 12.7. The highest BCUT2D eigenvalue weighted by Crippen LogP contribution is 2.21. The van der Waals surface area contributed by atoms with Gasteiger partial charge in [-0.25, -0.2) is 0 Å². The molecule has 0 radical (unpaired) electrons. The van der Waals surface area contributed by atoms with E-state index in [0.717, 1.165) is 16.5 Å². The molecule has 26 heavy (non-hydrogen) atoms. The minimum atomic E-state index is -0.121. The number of carbonyl (C=O) groups is 2. The molecule has 0 aliphatic carbocycles. The van der Waals surface area contributed by atoms with Crippen molar-refractivity contribution in [2.45, 2.75) is 6.92 Å². The second-order valence-corrected chi connectivity index (χ2v) is 6.55. The van der Waals surface area contributed by atoms with Gasteiger partial charge in [0, 0.05) is 37.1 Å². The van der Waals surface area contributed by atoms with Gasteiger partial charge in [0.25, 0.3) is 11.8 Å². The molecule has 0 saturated carbocycles. The summed E-state index contributed by atoms with van der Waals surface area (Å²) in [6.45, 7) is 4.01.